The van der Waals surface area contributed by atoms with Crippen LogP contribution in [-0.4, -0.2) is 24.3 Å². The lowest BCUT2D eigenvalue weighted by atomic mass is 9.46. The number of aliphatic hydroxyl groups excluding tert-OH is 1. The number of carbonyl (C=O) groups is 1. The number of hydrogen-bond donors (Lipinski definition) is 1. The van der Waals surface area contributed by atoms with E-state index in [-0.39, 0.29) is 11.4 Å². The van der Waals surface area contributed by atoms with Crippen LogP contribution in [0.15, 0.2) is 11.6 Å². The van der Waals surface area contributed by atoms with Crippen molar-refractivity contribution >= 4 is 5.97 Å². The number of rotatable bonds is 7. The van der Waals surface area contributed by atoms with Crippen LogP contribution in [0.25, 0.3) is 0 Å². The Balaban J connectivity index is 2.18. The molecule has 0 aromatic rings. The van der Waals surface area contributed by atoms with Crippen molar-refractivity contribution in [3.63, 3.8) is 0 Å². The Kier molecular flexibility index (Phi) is 6.75. The van der Waals surface area contributed by atoms with Gasteiger partial charge in [0.05, 0.1) is 0 Å². The van der Waals surface area contributed by atoms with E-state index in [4.69, 9.17) is 4.74 Å². The number of allylic oxidation sites excluding steroid dienone is 1. The number of carbonyl (C=O) groups excluding carboxylic acids is 1. The maximum Gasteiger partial charge on any atom is 0.302 e. The summed E-state index contributed by atoms with van der Waals surface area (Å²) >= 11 is 0. The molecular formula is C22H38O3. The third kappa shape index (κ3) is 4.30. The maximum atomic E-state index is 11.3. The van der Waals surface area contributed by atoms with Gasteiger partial charge >= 0.3 is 5.97 Å². The van der Waals surface area contributed by atoms with Crippen molar-refractivity contribution < 1.29 is 14.6 Å². The lowest BCUT2D eigenvalue weighted by Gasteiger charge is -2.58. The highest BCUT2D eigenvalue weighted by Crippen LogP contribution is 2.62. The molecule has 3 nitrogen and oxygen atoms in total. The predicted molar refractivity (Wildman–Crippen MR) is 102 cm³/mol. The number of esters is 1. The summed E-state index contributed by atoms with van der Waals surface area (Å²) in [5.74, 6) is 1.78. The number of ether oxygens (including phenoxy) is 1. The van der Waals surface area contributed by atoms with E-state index in [0.29, 0.717) is 30.5 Å². The van der Waals surface area contributed by atoms with Gasteiger partial charge in [0.2, 0.25) is 0 Å². The summed E-state index contributed by atoms with van der Waals surface area (Å²) in [6.45, 7) is 11.9. The number of hydrogen-bond acceptors (Lipinski definition) is 3. The molecule has 0 saturated heterocycles. The van der Waals surface area contributed by atoms with Crippen molar-refractivity contribution in [1.29, 1.82) is 0 Å². The lowest BCUT2D eigenvalue weighted by molar-refractivity contribution is -0.141. The van der Waals surface area contributed by atoms with Crippen molar-refractivity contribution in [2.75, 3.05) is 13.2 Å². The topological polar surface area (TPSA) is 46.5 Å². The molecule has 5 atom stereocenters. The molecule has 2 rings (SSSR count). The monoisotopic (exact) mass is 350 g/mol. The van der Waals surface area contributed by atoms with E-state index >= 15 is 0 Å². The molecule has 0 heterocycles. The number of aliphatic hydroxyl groups is 1. The molecule has 0 bridgehead atoms. The highest BCUT2D eigenvalue weighted by Gasteiger charge is 2.53. The fourth-order valence-electron chi connectivity index (χ4n) is 5.53. The summed E-state index contributed by atoms with van der Waals surface area (Å²) in [5.41, 5.74) is 1.84. The summed E-state index contributed by atoms with van der Waals surface area (Å²) in [4.78, 5) is 11.3. The van der Waals surface area contributed by atoms with E-state index in [2.05, 4.69) is 33.8 Å². The predicted octanol–water partition coefficient (Wildman–Crippen LogP) is 5.13. The maximum absolute atomic E-state index is 11.3. The van der Waals surface area contributed by atoms with Gasteiger partial charge in [-0.25, -0.2) is 0 Å². The third-order valence-electron chi connectivity index (χ3n) is 7.60. The average Bonchev–Trinajstić information content (AvgIpc) is 2.56. The minimum atomic E-state index is -0.184. The standard InChI is InChI=1S/C22H38O3/c1-16(11-14-23)9-12-21(4)17(2)10-13-22(5)19(15-25-18(3)24)7-6-8-20(21)22/h7,16-17,20,23H,6,8-15H2,1-5H3/t16-,17+,20+,21-,22-/m0/s1. The van der Waals surface area contributed by atoms with Crippen molar-refractivity contribution in [2.24, 2.45) is 28.6 Å². The van der Waals surface area contributed by atoms with Gasteiger partial charge in [-0.05, 0) is 72.7 Å². The van der Waals surface area contributed by atoms with Crippen LogP contribution in [0.2, 0.25) is 0 Å². The van der Waals surface area contributed by atoms with Gasteiger partial charge in [-0.2, -0.15) is 0 Å². The second kappa shape index (κ2) is 8.24. The van der Waals surface area contributed by atoms with Crippen LogP contribution in [0, 0.1) is 28.6 Å². The Labute approximate surface area is 154 Å². The zero-order valence-corrected chi connectivity index (χ0v) is 16.9. The summed E-state index contributed by atoms with van der Waals surface area (Å²) in [5, 5.41) is 9.21. The van der Waals surface area contributed by atoms with Crippen LogP contribution in [0.5, 0.6) is 0 Å². The van der Waals surface area contributed by atoms with Gasteiger partial charge in [0.1, 0.15) is 6.61 Å². The molecule has 0 spiro atoms. The quantitative estimate of drug-likeness (QED) is 0.511. The van der Waals surface area contributed by atoms with Crippen LogP contribution in [0.4, 0.5) is 0 Å². The van der Waals surface area contributed by atoms with Gasteiger partial charge in [-0.3, -0.25) is 4.79 Å². The summed E-state index contributed by atoms with van der Waals surface area (Å²) in [7, 11) is 0. The lowest BCUT2D eigenvalue weighted by Crippen LogP contribution is -2.50. The van der Waals surface area contributed by atoms with Gasteiger partial charge in [-0.1, -0.05) is 40.2 Å². The molecule has 144 valence electrons. The van der Waals surface area contributed by atoms with Crippen molar-refractivity contribution in [3.8, 4) is 0 Å². The smallest absolute Gasteiger partial charge is 0.302 e. The molecule has 2 aliphatic rings. The molecule has 0 aromatic carbocycles. The van der Waals surface area contributed by atoms with Gasteiger partial charge < -0.3 is 9.84 Å². The molecule has 2 aliphatic carbocycles. The van der Waals surface area contributed by atoms with Gasteiger partial charge in [0.25, 0.3) is 0 Å². The van der Waals surface area contributed by atoms with E-state index in [1.54, 1.807) is 0 Å². The Morgan fingerprint density at radius 2 is 2.08 bits per heavy atom. The second-order valence-electron chi connectivity index (χ2n) is 9.16. The van der Waals surface area contributed by atoms with Crippen molar-refractivity contribution in [2.45, 2.75) is 79.6 Å². The zero-order valence-electron chi connectivity index (χ0n) is 16.9. The largest absolute Gasteiger partial charge is 0.461 e. The van der Waals surface area contributed by atoms with Gasteiger partial charge in [0.15, 0.2) is 0 Å². The van der Waals surface area contributed by atoms with E-state index in [1.807, 2.05) is 0 Å². The molecular weight excluding hydrogens is 312 g/mol. The summed E-state index contributed by atoms with van der Waals surface area (Å²) in [6, 6.07) is 0. The summed E-state index contributed by atoms with van der Waals surface area (Å²) < 4.78 is 5.39. The fraction of sp³-hybridized carbons (Fsp3) is 0.864. The first-order valence-electron chi connectivity index (χ1n) is 10.2. The van der Waals surface area contributed by atoms with Crippen molar-refractivity contribution in [1.82, 2.24) is 0 Å². The fourth-order valence-corrected chi connectivity index (χ4v) is 5.53. The Morgan fingerprint density at radius 1 is 1.36 bits per heavy atom. The van der Waals surface area contributed by atoms with E-state index < -0.39 is 0 Å². The molecule has 1 fully saturated rings. The van der Waals surface area contributed by atoms with E-state index in [1.165, 1.54) is 44.6 Å². The van der Waals surface area contributed by atoms with E-state index in [0.717, 1.165) is 18.8 Å². The highest BCUT2D eigenvalue weighted by molar-refractivity contribution is 5.66. The highest BCUT2D eigenvalue weighted by atomic mass is 16.5. The molecule has 0 radical (unpaired) electrons. The van der Waals surface area contributed by atoms with Crippen molar-refractivity contribution in [3.05, 3.63) is 11.6 Å². The van der Waals surface area contributed by atoms with Crippen LogP contribution in [-0.2, 0) is 9.53 Å². The van der Waals surface area contributed by atoms with Gasteiger partial charge in [0, 0.05) is 13.5 Å². The molecule has 0 amide bonds. The summed E-state index contributed by atoms with van der Waals surface area (Å²) in [6.07, 6.45) is 10.5. The minimum absolute atomic E-state index is 0.162. The Morgan fingerprint density at radius 3 is 2.72 bits per heavy atom. The van der Waals surface area contributed by atoms with Crippen LogP contribution in [0.3, 0.4) is 0 Å². The average molecular weight is 351 g/mol. The normalized spacial score (nSPS) is 36.3. The minimum Gasteiger partial charge on any atom is -0.461 e. The first-order valence-corrected chi connectivity index (χ1v) is 10.2. The third-order valence-corrected chi connectivity index (χ3v) is 7.60. The molecule has 25 heavy (non-hydrogen) atoms. The first kappa shape index (κ1) is 20.5. The Bertz CT molecular complexity index is 498. The molecule has 0 aliphatic heterocycles. The Hall–Kier alpha value is -0.830. The van der Waals surface area contributed by atoms with Crippen LogP contribution < -0.4 is 0 Å². The van der Waals surface area contributed by atoms with Crippen LogP contribution >= 0.6 is 0 Å². The molecule has 0 unspecified atom stereocenters. The second-order valence-corrected chi connectivity index (χ2v) is 9.16. The molecule has 1 N–H and O–H groups in total. The molecule has 0 aromatic heterocycles. The molecule has 3 heteroatoms. The molecule has 1 saturated carbocycles. The zero-order chi connectivity index (χ0) is 18.7. The SMILES string of the molecule is CC(=O)OCC1=CCC[C@@H]2[C@@](C)(CC[C@H](C)CCO)[C@H](C)CC[C@@]12C. The van der Waals surface area contributed by atoms with Crippen LogP contribution in [0.1, 0.15) is 79.6 Å². The van der Waals surface area contributed by atoms with Gasteiger partial charge in [-0.15, -0.1) is 0 Å². The number of fused-ring (bicyclic) bond motifs is 1. The first-order chi connectivity index (χ1) is 11.7. The van der Waals surface area contributed by atoms with E-state index in [9.17, 15) is 9.90 Å².